The first-order chi connectivity index (χ1) is 8.19. The van der Waals surface area contributed by atoms with Crippen molar-refractivity contribution in [2.24, 2.45) is 0 Å². The van der Waals surface area contributed by atoms with Gasteiger partial charge >= 0.3 is 11.8 Å². The Bertz CT molecular complexity index is 356. The van der Waals surface area contributed by atoms with E-state index in [1.165, 1.54) is 0 Å². The Morgan fingerprint density at radius 1 is 1.06 bits per heavy atom. The van der Waals surface area contributed by atoms with Gasteiger partial charge in [0.1, 0.15) is 13.7 Å². The van der Waals surface area contributed by atoms with Gasteiger partial charge in [-0.05, 0) is 44.8 Å². The van der Waals surface area contributed by atoms with Crippen LogP contribution in [-0.2, 0) is 14.3 Å². The van der Waals surface area contributed by atoms with E-state index in [1.54, 1.807) is 20.8 Å². The van der Waals surface area contributed by atoms with E-state index in [-0.39, 0.29) is 0 Å². The lowest BCUT2D eigenvalue weighted by Crippen LogP contribution is -2.31. The molecule has 3 nitrogen and oxygen atoms in total. The molecule has 0 amide bonds. The lowest BCUT2D eigenvalue weighted by Gasteiger charge is -2.20. The van der Waals surface area contributed by atoms with Crippen LogP contribution in [-0.4, -0.2) is 25.4 Å². The Morgan fingerprint density at radius 2 is 1.50 bits per heavy atom. The second-order valence-electron chi connectivity index (χ2n) is 5.42. The Morgan fingerprint density at radius 3 is 1.83 bits per heavy atom. The van der Waals surface area contributed by atoms with Crippen molar-refractivity contribution in [3.63, 3.8) is 0 Å². The molecule has 0 aromatic heterocycles. The zero-order valence-electron chi connectivity index (χ0n) is 12.3. The minimum Gasteiger partial charge on any atom is -0.453 e. The van der Waals surface area contributed by atoms with Gasteiger partial charge in [0, 0.05) is 0 Å². The van der Waals surface area contributed by atoms with E-state index in [2.05, 4.69) is 32.2 Å². The molecule has 0 fully saturated rings. The Kier molecular flexibility index (Phi) is 6.34. The van der Waals surface area contributed by atoms with Crippen molar-refractivity contribution in [3.8, 4) is 11.5 Å². The molecule has 0 spiro atoms. The second kappa shape index (κ2) is 6.74. The molecule has 0 heterocycles. The summed E-state index contributed by atoms with van der Waals surface area (Å²) in [6.07, 6.45) is 0. The molecule has 0 aromatic carbocycles. The fraction of sp³-hybridized carbons (Fsp3) is 0.714. The second-order valence-corrected chi connectivity index (χ2v) is 10.4. The van der Waals surface area contributed by atoms with Crippen LogP contribution in [0.1, 0.15) is 41.5 Å². The fourth-order valence-corrected chi connectivity index (χ4v) is 3.99. The minimum atomic E-state index is -1.67. The largest absolute Gasteiger partial charge is 0.453 e. The zero-order valence-corrected chi connectivity index (χ0v) is 13.3. The van der Waals surface area contributed by atoms with Gasteiger partial charge in [-0.3, -0.25) is 4.79 Å². The summed E-state index contributed by atoms with van der Waals surface area (Å²) >= 11 is 0. The van der Waals surface area contributed by atoms with Crippen LogP contribution in [0.25, 0.3) is 0 Å². The third-order valence-electron chi connectivity index (χ3n) is 3.06. The van der Waals surface area contributed by atoms with E-state index >= 15 is 0 Å². The summed E-state index contributed by atoms with van der Waals surface area (Å²) in [5.74, 6) is 0.926. The molecule has 0 saturated carbocycles. The predicted molar refractivity (Wildman–Crippen MR) is 75.8 cm³/mol. The number of hydrogen-bond acceptors (Lipinski definition) is 3. The molecule has 0 aliphatic rings. The number of esters is 1. The first-order valence-corrected chi connectivity index (χ1v) is 9.12. The van der Waals surface area contributed by atoms with Gasteiger partial charge in [-0.15, -0.1) is 5.54 Å². The van der Waals surface area contributed by atoms with Crippen molar-refractivity contribution in [1.29, 1.82) is 0 Å². The maximum Gasteiger partial charge on any atom is 0.388 e. The number of carbonyl (C=O) groups excluding carboxylic acids is 2. The number of Topliss-reactive ketones (excluding diaryl/α,β-unsaturated/α-hetero) is 1. The predicted octanol–water partition coefficient (Wildman–Crippen LogP) is 2.95. The van der Waals surface area contributed by atoms with Gasteiger partial charge < -0.3 is 4.74 Å². The Labute approximate surface area is 111 Å². The van der Waals surface area contributed by atoms with Gasteiger partial charge in [-0.1, -0.05) is 20.8 Å². The van der Waals surface area contributed by atoms with Crippen molar-refractivity contribution in [1.82, 2.24) is 0 Å². The van der Waals surface area contributed by atoms with E-state index in [0.717, 1.165) is 18.1 Å². The average Bonchev–Trinajstić information content (AvgIpc) is 2.29. The summed E-state index contributed by atoms with van der Waals surface area (Å²) < 4.78 is 4.99. The maximum atomic E-state index is 11.6. The first kappa shape index (κ1) is 16.9. The Hall–Kier alpha value is -1.08. The molecule has 0 unspecified atom stereocenters. The van der Waals surface area contributed by atoms with E-state index in [4.69, 9.17) is 4.74 Å². The van der Waals surface area contributed by atoms with Crippen molar-refractivity contribution in [3.05, 3.63) is 0 Å². The molecular formula is C14H24O3Si. The van der Waals surface area contributed by atoms with Crippen molar-refractivity contribution < 1.29 is 14.3 Å². The molecule has 0 rings (SSSR count). The lowest BCUT2D eigenvalue weighted by molar-refractivity contribution is -0.160. The van der Waals surface area contributed by atoms with Gasteiger partial charge in [0.05, 0.1) is 0 Å². The average molecular weight is 268 g/mol. The highest BCUT2D eigenvalue weighted by Gasteiger charge is 2.26. The number of hydrogen-bond donors (Lipinski definition) is 0. The van der Waals surface area contributed by atoms with Crippen LogP contribution in [0, 0.1) is 11.5 Å². The highest BCUT2D eigenvalue weighted by molar-refractivity contribution is 6.87. The summed E-state index contributed by atoms with van der Waals surface area (Å²) in [6, 6.07) is 3.03. The summed E-state index contributed by atoms with van der Waals surface area (Å²) in [6.45, 7) is 11.5. The van der Waals surface area contributed by atoms with Gasteiger partial charge in [0.2, 0.25) is 0 Å². The molecule has 0 bridgehead atoms. The SMILES string of the molecule is CC[Si](C#CC(=O)C(=O)OC(C)(C)C)(CC)CC. The number of carbonyl (C=O) groups is 2. The molecule has 0 aromatic rings. The first-order valence-electron chi connectivity index (χ1n) is 6.50. The van der Waals surface area contributed by atoms with Crippen LogP contribution < -0.4 is 0 Å². The van der Waals surface area contributed by atoms with Gasteiger partial charge in [0.25, 0.3) is 0 Å². The molecule has 4 heteroatoms. The third-order valence-corrected chi connectivity index (χ3v) is 7.77. The van der Waals surface area contributed by atoms with E-state index in [1.807, 2.05) is 0 Å². The highest BCUT2D eigenvalue weighted by Crippen LogP contribution is 2.18. The van der Waals surface area contributed by atoms with Crippen LogP contribution in [0.2, 0.25) is 18.1 Å². The van der Waals surface area contributed by atoms with E-state index in [9.17, 15) is 9.59 Å². The van der Waals surface area contributed by atoms with Crippen molar-refractivity contribution in [2.45, 2.75) is 65.3 Å². The zero-order chi connectivity index (χ0) is 14.4. The summed E-state index contributed by atoms with van der Waals surface area (Å²) in [4.78, 5) is 23.1. The smallest absolute Gasteiger partial charge is 0.388 e. The molecule has 0 aliphatic carbocycles. The summed E-state index contributed by atoms with van der Waals surface area (Å²) in [7, 11) is -1.67. The van der Waals surface area contributed by atoms with Crippen LogP contribution in [0.15, 0.2) is 0 Å². The third kappa shape index (κ3) is 5.50. The molecule has 0 atom stereocenters. The molecular weight excluding hydrogens is 244 g/mol. The van der Waals surface area contributed by atoms with Gasteiger partial charge in [-0.25, -0.2) is 4.79 Å². The monoisotopic (exact) mass is 268 g/mol. The summed E-state index contributed by atoms with van der Waals surface area (Å²) in [5.41, 5.74) is 2.44. The van der Waals surface area contributed by atoms with Gasteiger partial charge in [0.15, 0.2) is 0 Å². The fourth-order valence-electron chi connectivity index (χ4n) is 1.58. The number of rotatable bonds is 4. The molecule has 102 valence electrons. The molecule has 0 N–H and O–H groups in total. The van der Waals surface area contributed by atoms with E-state index < -0.39 is 25.4 Å². The summed E-state index contributed by atoms with van der Waals surface area (Å²) in [5, 5.41) is 0. The van der Waals surface area contributed by atoms with Crippen LogP contribution in [0.3, 0.4) is 0 Å². The number of ether oxygens (including phenoxy) is 1. The Balaban J connectivity index is 4.81. The molecule has 0 aliphatic heterocycles. The van der Waals surface area contributed by atoms with Gasteiger partial charge in [-0.2, -0.15) is 0 Å². The molecule has 0 radical (unpaired) electrons. The topological polar surface area (TPSA) is 43.4 Å². The van der Waals surface area contributed by atoms with E-state index in [0.29, 0.717) is 0 Å². The van der Waals surface area contributed by atoms with Crippen molar-refractivity contribution >= 4 is 19.8 Å². The molecule has 18 heavy (non-hydrogen) atoms. The van der Waals surface area contributed by atoms with Crippen LogP contribution >= 0.6 is 0 Å². The molecule has 0 saturated heterocycles. The number of ketones is 1. The quantitative estimate of drug-likeness (QED) is 0.341. The standard InChI is InChI=1S/C14H24O3Si/c1-7-18(8-2,9-3)11-10-12(15)13(16)17-14(4,5)6/h7-9H2,1-6H3. The van der Waals surface area contributed by atoms with Crippen LogP contribution in [0.5, 0.6) is 0 Å². The minimum absolute atomic E-state index is 0.650. The highest BCUT2D eigenvalue weighted by atomic mass is 28.3. The van der Waals surface area contributed by atoms with Crippen molar-refractivity contribution in [2.75, 3.05) is 0 Å². The normalized spacial score (nSPS) is 11.4. The lowest BCUT2D eigenvalue weighted by atomic mass is 10.2. The van der Waals surface area contributed by atoms with Crippen LogP contribution in [0.4, 0.5) is 0 Å². The maximum absolute atomic E-state index is 11.6.